The molecular formula is C18H20N2O4. The molecule has 0 aromatic heterocycles. The molecule has 6 heteroatoms. The monoisotopic (exact) mass is 328 g/mol. The van der Waals surface area contributed by atoms with E-state index in [1.54, 1.807) is 12.1 Å². The molecule has 0 spiro atoms. The van der Waals surface area contributed by atoms with E-state index in [9.17, 15) is 20.0 Å². The summed E-state index contributed by atoms with van der Waals surface area (Å²) in [6, 6.07) is 10.9. The predicted molar refractivity (Wildman–Crippen MR) is 92.1 cm³/mol. The Morgan fingerprint density at radius 3 is 2.29 bits per heavy atom. The van der Waals surface area contributed by atoms with E-state index in [2.05, 4.69) is 5.32 Å². The topological polar surface area (TPSA) is 92.5 Å². The third-order valence-corrected chi connectivity index (χ3v) is 3.89. The molecule has 0 saturated carbocycles. The van der Waals surface area contributed by atoms with Crippen LogP contribution in [0.2, 0.25) is 0 Å². The Morgan fingerprint density at radius 1 is 1.17 bits per heavy atom. The molecule has 0 heterocycles. The van der Waals surface area contributed by atoms with Gasteiger partial charge in [0, 0.05) is 17.8 Å². The summed E-state index contributed by atoms with van der Waals surface area (Å²) in [5, 5.41) is 24.2. The standard InChI is InChI=1S/C18H20N2O4/c1-11-4-9-16(12(2)10-11)19-17(18(22)13(3)21)14-5-7-15(8-6-14)20(23)24/h4-10,17-19,22H,1-3H3/t17-,18+/m1/s1. The van der Waals surface area contributed by atoms with Crippen molar-refractivity contribution in [2.75, 3.05) is 5.32 Å². The van der Waals surface area contributed by atoms with E-state index in [-0.39, 0.29) is 11.5 Å². The summed E-state index contributed by atoms with van der Waals surface area (Å²) >= 11 is 0. The van der Waals surface area contributed by atoms with Gasteiger partial charge in [-0.1, -0.05) is 29.8 Å². The first-order chi connectivity index (χ1) is 11.3. The lowest BCUT2D eigenvalue weighted by atomic mass is 9.97. The largest absolute Gasteiger partial charge is 0.383 e. The summed E-state index contributed by atoms with van der Waals surface area (Å²) in [4.78, 5) is 22.0. The third kappa shape index (κ3) is 3.97. The first kappa shape index (κ1) is 17.6. The highest BCUT2D eigenvalue weighted by molar-refractivity contribution is 5.82. The molecule has 2 rings (SSSR count). The van der Waals surface area contributed by atoms with Gasteiger partial charge in [-0.15, -0.1) is 0 Å². The van der Waals surface area contributed by atoms with Gasteiger partial charge in [0.25, 0.3) is 5.69 Å². The maximum Gasteiger partial charge on any atom is 0.269 e. The molecule has 2 atom stereocenters. The lowest BCUT2D eigenvalue weighted by Crippen LogP contribution is -2.31. The third-order valence-electron chi connectivity index (χ3n) is 3.89. The van der Waals surface area contributed by atoms with Crippen molar-refractivity contribution in [2.24, 2.45) is 0 Å². The summed E-state index contributed by atoms with van der Waals surface area (Å²) in [6.45, 7) is 5.23. The van der Waals surface area contributed by atoms with Gasteiger partial charge in [0.15, 0.2) is 5.78 Å². The van der Waals surface area contributed by atoms with Gasteiger partial charge in [-0.05, 0) is 38.0 Å². The van der Waals surface area contributed by atoms with E-state index in [1.807, 2.05) is 32.0 Å². The minimum atomic E-state index is -1.26. The van der Waals surface area contributed by atoms with Gasteiger partial charge in [0.05, 0.1) is 11.0 Å². The number of hydrogen-bond donors (Lipinski definition) is 2. The highest BCUT2D eigenvalue weighted by atomic mass is 16.6. The number of anilines is 1. The number of nitrogens with zero attached hydrogens (tertiary/aromatic N) is 1. The fourth-order valence-electron chi connectivity index (χ4n) is 2.53. The molecule has 0 aliphatic carbocycles. The van der Waals surface area contributed by atoms with E-state index >= 15 is 0 Å². The lowest BCUT2D eigenvalue weighted by Gasteiger charge is -2.25. The zero-order chi connectivity index (χ0) is 17.9. The molecule has 0 aliphatic rings. The molecule has 0 unspecified atom stereocenters. The van der Waals surface area contributed by atoms with Gasteiger partial charge in [-0.2, -0.15) is 0 Å². The summed E-state index contributed by atoms with van der Waals surface area (Å²) in [5.74, 6) is -0.379. The minimum Gasteiger partial charge on any atom is -0.383 e. The second kappa shape index (κ2) is 7.23. The summed E-state index contributed by atoms with van der Waals surface area (Å²) in [5.41, 5.74) is 3.45. The lowest BCUT2D eigenvalue weighted by molar-refractivity contribution is -0.384. The fourth-order valence-corrected chi connectivity index (χ4v) is 2.53. The Labute approximate surface area is 140 Å². The number of Topliss-reactive ketones (excluding diaryl/α,β-unsaturated/α-hetero) is 1. The molecule has 0 amide bonds. The predicted octanol–water partition coefficient (Wildman–Crippen LogP) is 3.31. The number of nitro benzene ring substituents is 1. The van der Waals surface area contributed by atoms with Crippen molar-refractivity contribution in [1.82, 2.24) is 0 Å². The second-order valence-electron chi connectivity index (χ2n) is 5.84. The molecule has 2 N–H and O–H groups in total. The van der Waals surface area contributed by atoms with Crippen LogP contribution in [-0.2, 0) is 4.79 Å². The van der Waals surface area contributed by atoms with Crippen molar-refractivity contribution in [3.8, 4) is 0 Å². The number of rotatable bonds is 6. The smallest absolute Gasteiger partial charge is 0.269 e. The number of aryl methyl sites for hydroxylation is 2. The number of benzene rings is 2. The highest BCUT2D eigenvalue weighted by Gasteiger charge is 2.25. The van der Waals surface area contributed by atoms with Gasteiger partial charge in [0.2, 0.25) is 0 Å². The first-order valence-electron chi connectivity index (χ1n) is 7.56. The van der Waals surface area contributed by atoms with E-state index in [0.29, 0.717) is 5.56 Å². The Balaban J connectivity index is 2.37. The van der Waals surface area contributed by atoms with Crippen LogP contribution >= 0.6 is 0 Å². The van der Waals surface area contributed by atoms with Crippen molar-refractivity contribution >= 4 is 17.2 Å². The van der Waals surface area contributed by atoms with E-state index in [1.165, 1.54) is 19.1 Å². The Bertz CT molecular complexity index is 756. The molecular weight excluding hydrogens is 308 g/mol. The first-order valence-corrected chi connectivity index (χ1v) is 7.56. The SMILES string of the molecule is CC(=O)[C@H](O)[C@H](Nc1ccc(C)cc1C)c1ccc([N+](=O)[O-])cc1. The number of ketones is 1. The number of hydrogen-bond acceptors (Lipinski definition) is 5. The number of carbonyl (C=O) groups excluding carboxylic acids is 1. The normalized spacial score (nSPS) is 13.2. The van der Waals surface area contributed by atoms with Gasteiger partial charge in [0.1, 0.15) is 6.10 Å². The van der Waals surface area contributed by atoms with Crippen molar-refractivity contribution in [2.45, 2.75) is 32.9 Å². The van der Waals surface area contributed by atoms with Crippen LogP contribution < -0.4 is 5.32 Å². The second-order valence-corrected chi connectivity index (χ2v) is 5.84. The quantitative estimate of drug-likeness (QED) is 0.627. The van der Waals surface area contributed by atoms with Crippen molar-refractivity contribution in [1.29, 1.82) is 0 Å². The number of aliphatic hydroxyl groups excluding tert-OH is 1. The van der Waals surface area contributed by atoms with Crippen molar-refractivity contribution in [3.63, 3.8) is 0 Å². The minimum absolute atomic E-state index is 0.0404. The molecule has 0 radical (unpaired) electrons. The Hall–Kier alpha value is -2.73. The van der Waals surface area contributed by atoms with Crippen LogP contribution in [0, 0.1) is 24.0 Å². The number of aliphatic hydroxyl groups is 1. The van der Waals surface area contributed by atoms with Crippen molar-refractivity contribution in [3.05, 3.63) is 69.3 Å². The average molecular weight is 328 g/mol. The van der Waals surface area contributed by atoms with Crippen LogP contribution in [0.1, 0.15) is 29.7 Å². The molecule has 6 nitrogen and oxygen atoms in total. The van der Waals surface area contributed by atoms with Gasteiger partial charge >= 0.3 is 0 Å². The van der Waals surface area contributed by atoms with Crippen LogP contribution in [-0.4, -0.2) is 21.9 Å². The number of non-ortho nitro benzene ring substituents is 1. The highest BCUT2D eigenvalue weighted by Crippen LogP contribution is 2.27. The molecule has 24 heavy (non-hydrogen) atoms. The van der Waals surface area contributed by atoms with E-state index in [4.69, 9.17) is 0 Å². The Kier molecular flexibility index (Phi) is 5.31. The molecule has 0 bridgehead atoms. The number of nitrogens with one attached hydrogen (secondary N) is 1. The van der Waals surface area contributed by atoms with E-state index in [0.717, 1.165) is 16.8 Å². The number of nitro groups is 1. The molecule has 126 valence electrons. The molecule has 2 aromatic carbocycles. The van der Waals surface area contributed by atoms with Crippen LogP contribution in [0.5, 0.6) is 0 Å². The van der Waals surface area contributed by atoms with Crippen molar-refractivity contribution < 1.29 is 14.8 Å². The van der Waals surface area contributed by atoms with Crippen LogP contribution in [0.25, 0.3) is 0 Å². The van der Waals surface area contributed by atoms with Gasteiger partial charge < -0.3 is 10.4 Å². The van der Waals surface area contributed by atoms with Gasteiger partial charge in [-0.3, -0.25) is 14.9 Å². The Morgan fingerprint density at radius 2 is 1.79 bits per heavy atom. The molecule has 0 saturated heterocycles. The number of carbonyl (C=O) groups is 1. The van der Waals surface area contributed by atoms with Crippen LogP contribution in [0.4, 0.5) is 11.4 Å². The zero-order valence-corrected chi connectivity index (χ0v) is 13.8. The summed E-state index contributed by atoms with van der Waals surface area (Å²) in [7, 11) is 0. The summed E-state index contributed by atoms with van der Waals surface area (Å²) in [6.07, 6.45) is -1.26. The van der Waals surface area contributed by atoms with Crippen LogP contribution in [0.15, 0.2) is 42.5 Å². The molecule has 2 aromatic rings. The van der Waals surface area contributed by atoms with E-state index < -0.39 is 17.1 Å². The van der Waals surface area contributed by atoms with Crippen LogP contribution in [0.3, 0.4) is 0 Å². The fraction of sp³-hybridized carbons (Fsp3) is 0.278. The summed E-state index contributed by atoms with van der Waals surface area (Å²) < 4.78 is 0. The average Bonchev–Trinajstić information content (AvgIpc) is 2.53. The molecule has 0 aliphatic heterocycles. The maximum absolute atomic E-state index is 11.7. The molecule has 0 fully saturated rings. The van der Waals surface area contributed by atoms with Gasteiger partial charge in [-0.25, -0.2) is 0 Å². The maximum atomic E-state index is 11.7. The zero-order valence-electron chi connectivity index (χ0n) is 13.8.